The quantitative estimate of drug-likeness (QED) is 0.125. The van der Waals surface area contributed by atoms with Gasteiger partial charge in [-0.05, 0) is 163 Å². The lowest BCUT2D eigenvalue weighted by Crippen LogP contribution is -2.26. The van der Waals surface area contributed by atoms with Crippen molar-refractivity contribution in [3.05, 3.63) is 288 Å². The molecule has 0 saturated heterocycles. The van der Waals surface area contributed by atoms with E-state index in [9.17, 15) is 0 Å². The van der Waals surface area contributed by atoms with Crippen molar-refractivity contribution in [1.29, 1.82) is 0 Å². The Morgan fingerprint density at radius 2 is 0.760 bits per heavy atom. The number of hydrogen-bond acceptors (Lipinski definition) is 1. The number of para-hydroxylation sites is 1. The van der Waals surface area contributed by atoms with Gasteiger partial charge in [0.2, 0.25) is 0 Å². The summed E-state index contributed by atoms with van der Waals surface area (Å²) >= 11 is 0. The van der Waals surface area contributed by atoms with Crippen LogP contribution >= 0.6 is 0 Å². The van der Waals surface area contributed by atoms with Crippen LogP contribution in [0, 0.1) is 0 Å². The predicted octanol–water partition coefficient (Wildman–Crippen LogP) is 19.5. The van der Waals surface area contributed by atoms with Gasteiger partial charge >= 0.3 is 0 Å². The summed E-state index contributed by atoms with van der Waals surface area (Å²) in [4.78, 5) is 2.47. The number of rotatable bonds is 11. The number of hydrogen-bond donors (Lipinski definition) is 0. The van der Waals surface area contributed by atoms with Crippen LogP contribution in [-0.2, 0) is 18.3 Å². The number of nitrogens with zero attached hydrogens (tertiary/aromatic N) is 2. The summed E-state index contributed by atoms with van der Waals surface area (Å²) in [6.45, 7) is 4.52. The van der Waals surface area contributed by atoms with E-state index in [0.717, 1.165) is 42.7 Å². The Morgan fingerprint density at radius 1 is 0.333 bits per heavy atom. The van der Waals surface area contributed by atoms with E-state index >= 15 is 0 Å². The van der Waals surface area contributed by atoms with Crippen molar-refractivity contribution in [2.45, 2.75) is 44.9 Å². The monoisotopic (exact) mass is 960 g/mol. The molecule has 1 aromatic heterocycles. The van der Waals surface area contributed by atoms with Crippen molar-refractivity contribution in [2.75, 3.05) is 4.90 Å². The van der Waals surface area contributed by atoms with Crippen molar-refractivity contribution < 1.29 is 0 Å². The molecule has 0 radical (unpaired) electrons. The van der Waals surface area contributed by atoms with E-state index in [2.05, 4.69) is 278 Å². The third-order valence-electron chi connectivity index (χ3n) is 16.2. The van der Waals surface area contributed by atoms with Crippen LogP contribution in [0.4, 0.5) is 17.1 Å². The molecule has 0 bridgehead atoms. The molecule has 11 aromatic carbocycles. The molecule has 2 nitrogen and oxygen atoms in total. The fourth-order valence-electron chi connectivity index (χ4n) is 12.9. The second-order valence-corrected chi connectivity index (χ2v) is 20.5. The molecule has 1 spiro atoms. The molecule has 0 saturated carbocycles. The van der Waals surface area contributed by atoms with E-state index in [1.807, 2.05) is 0 Å². The summed E-state index contributed by atoms with van der Waals surface area (Å²) in [6, 6.07) is 95.5. The third kappa shape index (κ3) is 7.15. The van der Waals surface area contributed by atoms with Crippen LogP contribution in [0.15, 0.2) is 255 Å². The molecule has 1 heterocycles. The average Bonchev–Trinajstić information content (AvgIpc) is 4.18. The van der Waals surface area contributed by atoms with Gasteiger partial charge in [0.1, 0.15) is 0 Å². The van der Waals surface area contributed by atoms with Gasteiger partial charge in [-0.25, -0.2) is 0 Å². The van der Waals surface area contributed by atoms with Gasteiger partial charge < -0.3 is 9.47 Å². The van der Waals surface area contributed by atoms with E-state index in [0.29, 0.717) is 0 Å². The SMILES string of the molecule is CCCc1ccc2c(c1)c1cc(CCC)ccc1n2-c1ccc(-c2ccc(-c3ccc(N(c4ccc5c(c4)C4(c6ccccc6-c6ccccc64)c4ccccc4-5)c4ccccc4-c4ccccc4)cc3)cc2)cc1. The Morgan fingerprint density at radius 3 is 1.28 bits per heavy atom. The number of benzene rings is 11. The lowest BCUT2D eigenvalue weighted by atomic mass is 9.70. The highest BCUT2D eigenvalue weighted by Gasteiger charge is 2.51. The van der Waals surface area contributed by atoms with Crippen molar-refractivity contribution in [2.24, 2.45) is 0 Å². The highest BCUT2D eigenvalue weighted by Crippen LogP contribution is 2.63. The molecule has 0 N–H and O–H groups in total. The van der Waals surface area contributed by atoms with Gasteiger partial charge in [-0.3, -0.25) is 0 Å². The maximum absolute atomic E-state index is 2.49. The predicted molar refractivity (Wildman–Crippen MR) is 316 cm³/mol. The highest BCUT2D eigenvalue weighted by atomic mass is 15.1. The molecule has 0 unspecified atom stereocenters. The standard InChI is InChI=1S/C73H56N2/c1-3-16-49-28-44-71-64(46-49)65-47-50(17-4-2)29-45-72(65)75(71)57-40-36-54(37-41-57)52-32-30-51(31-33-52)53-34-38-56(39-35-53)74(70-27-15-11-20-59(70)55-18-6-5-7-19-55)58-42-43-63-62-23-10-14-26-68(62)73(69(63)48-58)66-24-12-8-21-60(66)61-22-9-13-25-67(61)73/h5-15,18-48H,3-4,16-17H2,1-2H3. The highest BCUT2D eigenvalue weighted by molar-refractivity contribution is 6.10. The minimum absolute atomic E-state index is 0.443. The second-order valence-electron chi connectivity index (χ2n) is 20.5. The fourth-order valence-corrected chi connectivity index (χ4v) is 12.9. The second kappa shape index (κ2) is 18.2. The summed E-state index contributed by atoms with van der Waals surface area (Å²) in [5.41, 5.74) is 27.1. The Hall–Kier alpha value is -8.98. The minimum atomic E-state index is -0.443. The van der Waals surface area contributed by atoms with Gasteiger partial charge in [-0.1, -0.05) is 215 Å². The number of fused-ring (bicyclic) bond motifs is 13. The number of aryl methyl sites for hydroxylation is 2. The number of aromatic nitrogens is 1. The molecule has 0 amide bonds. The molecular weight excluding hydrogens is 905 g/mol. The summed E-state index contributed by atoms with van der Waals surface area (Å²) in [5.74, 6) is 0. The average molecular weight is 961 g/mol. The number of anilines is 3. The van der Waals surface area contributed by atoms with Gasteiger partial charge in [0.05, 0.1) is 22.1 Å². The van der Waals surface area contributed by atoms with Crippen LogP contribution in [0.25, 0.3) is 83.1 Å². The van der Waals surface area contributed by atoms with E-state index in [1.165, 1.54) is 117 Å². The molecule has 12 aromatic rings. The summed E-state index contributed by atoms with van der Waals surface area (Å²) < 4.78 is 2.45. The molecule has 75 heavy (non-hydrogen) atoms. The van der Waals surface area contributed by atoms with E-state index in [4.69, 9.17) is 0 Å². The normalized spacial score (nSPS) is 12.7. The minimum Gasteiger partial charge on any atom is -0.310 e. The van der Waals surface area contributed by atoms with Crippen molar-refractivity contribution in [3.63, 3.8) is 0 Å². The van der Waals surface area contributed by atoms with Crippen LogP contribution in [0.2, 0.25) is 0 Å². The van der Waals surface area contributed by atoms with Crippen molar-refractivity contribution in [3.8, 4) is 61.3 Å². The zero-order valence-corrected chi connectivity index (χ0v) is 42.5. The van der Waals surface area contributed by atoms with Crippen LogP contribution in [0.1, 0.15) is 60.1 Å². The van der Waals surface area contributed by atoms with E-state index < -0.39 is 5.41 Å². The molecular formula is C73H56N2. The van der Waals surface area contributed by atoms with E-state index in [-0.39, 0.29) is 0 Å². The Labute approximate surface area is 440 Å². The van der Waals surface area contributed by atoms with Gasteiger partial charge in [-0.2, -0.15) is 0 Å². The molecule has 0 atom stereocenters. The maximum Gasteiger partial charge on any atom is 0.0726 e. The van der Waals surface area contributed by atoms with Crippen LogP contribution < -0.4 is 4.90 Å². The molecule has 2 aliphatic rings. The maximum atomic E-state index is 2.49. The van der Waals surface area contributed by atoms with Gasteiger partial charge in [0.15, 0.2) is 0 Å². The first-order valence-corrected chi connectivity index (χ1v) is 26.9. The van der Waals surface area contributed by atoms with E-state index in [1.54, 1.807) is 0 Å². The smallest absolute Gasteiger partial charge is 0.0726 e. The Bertz CT molecular complexity index is 3990. The Balaban J connectivity index is 0.825. The topological polar surface area (TPSA) is 8.17 Å². The first-order valence-electron chi connectivity index (χ1n) is 26.9. The molecule has 14 rings (SSSR count). The van der Waals surface area contributed by atoms with Gasteiger partial charge in [0, 0.05) is 33.4 Å². The summed E-state index contributed by atoms with van der Waals surface area (Å²) in [6.07, 6.45) is 4.48. The molecule has 358 valence electrons. The first-order chi connectivity index (χ1) is 37.1. The largest absolute Gasteiger partial charge is 0.310 e. The summed E-state index contributed by atoms with van der Waals surface area (Å²) in [7, 11) is 0. The van der Waals surface area contributed by atoms with Gasteiger partial charge in [-0.15, -0.1) is 0 Å². The van der Waals surface area contributed by atoms with Gasteiger partial charge in [0.25, 0.3) is 0 Å². The molecule has 0 aliphatic heterocycles. The first kappa shape index (κ1) is 44.7. The van der Waals surface area contributed by atoms with Crippen LogP contribution in [0.5, 0.6) is 0 Å². The molecule has 2 aliphatic carbocycles. The molecule has 2 heteroatoms. The third-order valence-corrected chi connectivity index (χ3v) is 16.2. The lowest BCUT2D eigenvalue weighted by Gasteiger charge is -2.32. The van der Waals surface area contributed by atoms with Crippen molar-refractivity contribution in [1.82, 2.24) is 4.57 Å². The fraction of sp³-hybridized carbons (Fsp3) is 0.0959. The zero-order chi connectivity index (χ0) is 50.0. The lowest BCUT2D eigenvalue weighted by molar-refractivity contribution is 0.793. The zero-order valence-electron chi connectivity index (χ0n) is 42.5. The van der Waals surface area contributed by atoms with Crippen LogP contribution in [-0.4, -0.2) is 4.57 Å². The summed E-state index contributed by atoms with van der Waals surface area (Å²) in [5, 5.41) is 2.69. The van der Waals surface area contributed by atoms with Crippen molar-refractivity contribution >= 4 is 38.9 Å². The molecule has 0 fully saturated rings. The Kier molecular flexibility index (Phi) is 10.8. The van der Waals surface area contributed by atoms with Crippen LogP contribution in [0.3, 0.4) is 0 Å².